The van der Waals surface area contributed by atoms with Crippen LogP contribution in [-0.4, -0.2) is 28.0 Å². The summed E-state index contributed by atoms with van der Waals surface area (Å²) < 4.78 is 6.33. The molecule has 0 amide bonds. The number of nitrogens with zero attached hydrogens (tertiary/aromatic N) is 2. The van der Waals surface area contributed by atoms with Gasteiger partial charge in [-0.25, -0.2) is 0 Å². The highest BCUT2D eigenvalue weighted by molar-refractivity contribution is 5.69. The van der Waals surface area contributed by atoms with Gasteiger partial charge in [-0.1, -0.05) is 0 Å². The molecule has 1 rings (SSSR count). The van der Waals surface area contributed by atoms with Gasteiger partial charge in [0.25, 0.3) is 0 Å². The first-order chi connectivity index (χ1) is 5.63. The zero-order valence-electron chi connectivity index (χ0n) is 6.94. The molecule has 1 N–H and O–H groups in total. The van der Waals surface area contributed by atoms with Gasteiger partial charge in [0.2, 0.25) is 5.88 Å². The first-order valence-corrected chi connectivity index (χ1v) is 3.42. The molecule has 0 radical (unpaired) electrons. The fraction of sp³-hybridized carbons (Fsp3) is 0.429. The van der Waals surface area contributed by atoms with Gasteiger partial charge in [0.15, 0.2) is 0 Å². The Balaban J connectivity index is 2.84. The highest BCUT2D eigenvalue weighted by atomic mass is 16.5. The molecule has 5 heteroatoms. The van der Waals surface area contributed by atoms with Crippen LogP contribution in [0.4, 0.5) is 0 Å². The van der Waals surface area contributed by atoms with E-state index in [1.54, 1.807) is 13.1 Å². The zero-order valence-corrected chi connectivity index (χ0v) is 6.94. The summed E-state index contributed by atoms with van der Waals surface area (Å²) in [6, 6.07) is 1.61. The number of hydrogen-bond acceptors (Lipinski definition) is 3. The highest BCUT2D eigenvalue weighted by Crippen LogP contribution is 2.10. The van der Waals surface area contributed by atoms with Crippen molar-refractivity contribution in [3.63, 3.8) is 0 Å². The summed E-state index contributed by atoms with van der Waals surface area (Å²) in [6.07, 6.45) is -0.0349. The number of hydrogen-bond donors (Lipinski definition) is 1. The van der Waals surface area contributed by atoms with E-state index in [9.17, 15) is 4.79 Å². The van der Waals surface area contributed by atoms with Crippen molar-refractivity contribution in [2.75, 3.05) is 7.11 Å². The smallest absolute Gasteiger partial charge is 0.309 e. The van der Waals surface area contributed by atoms with Gasteiger partial charge in [0.05, 0.1) is 19.2 Å². The van der Waals surface area contributed by atoms with Crippen LogP contribution < -0.4 is 4.74 Å². The Morgan fingerprint density at radius 2 is 2.50 bits per heavy atom. The van der Waals surface area contributed by atoms with Crippen molar-refractivity contribution >= 4 is 5.97 Å². The quantitative estimate of drug-likeness (QED) is 0.696. The first-order valence-electron chi connectivity index (χ1n) is 3.42. The standard InChI is InChI=1S/C7H10N2O3/c1-9-5(4-7(10)11)3-6(8-9)12-2/h3H,4H2,1-2H3,(H,10,11). The summed E-state index contributed by atoms with van der Waals surface area (Å²) >= 11 is 0. The lowest BCUT2D eigenvalue weighted by Gasteiger charge is -1.94. The molecular weight excluding hydrogens is 160 g/mol. The van der Waals surface area contributed by atoms with Crippen molar-refractivity contribution in [1.29, 1.82) is 0 Å². The molecule has 1 aromatic rings. The van der Waals surface area contributed by atoms with Crippen LogP contribution in [0.2, 0.25) is 0 Å². The number of carboxylic acids is 1. The molecule has 0 saturated heterocycles. The molecule has 66 valence electrons. The van der Waals surface area contributed by atoms with E-state index in [-0.39, 0.29) is 6.42 Å². The summed E-state index contributed by atoms with van der Waals surface area (Å²) in [4.78, 5) is 10.3. The number of aromatic nitrogens is 2. The highest BCUT2D eigenvalue weighted by Gasteiger charge is 2.07. The minimum Gasteiger partial charge on any atom is -0.481 e. The van der Waals surface area contributed by atoms with E-state index in [0.29, 0.717) is 11.6 Å². The average molecular weight is 170 g/mol. The number of rotatable bonds is 3. The van der Waals surface area contributed by atoms with Crippen LogP contribution in [0.1, 0.15) is 5.69 Å². The fourth-order valence-electron chi connectivity index (χ4n) is 0.897. The third kappa shape index (κ3) is 1.75. The summed E-state index contributed by atoms with van der Waals surface area (Å²) in [5, 5.41) is 12.4. The summed E-state index contributed by atoms with van der Waals surface area (Å²) in [5.74, 6) is -0.436. The second-order valence-corrected chi connectivity index (χ2v) is 2.37. The maximum Gasteiger partial charge on any atom is 0.309 e. The van der Waals surface area contributed by atoms with Gasteiger partial charge in [-0.05, 0) is 0 Å². The first kappa shape index (κ1) is 8.58. The van der Waals surface area contributed by atoms with Crippen LogP contribution in [-0.2, 0) is 18.3 Å². The number of methoxy groups -OCH3 is 1. The average Bonchev–Trinajstić information content (AvgIpc) is 2.31. The molecule has 12 heavy (non-hydrogen) atoms. The molecule has 0 atom stereocenters. The Bertz CT molecular complexity index is 293. The summed E-state index contributed by atoms with van der Waals surface area (Å²) in [7, 11) is 3.17. The fourth-order valence-corrected chi connectivity index (χ4v) is 0.897. The van der Waals surface area contributed by atoms with Crippen LogP contribution in [0.5, 0.6) is 5.88 Å². The van der Waals surface area contributed by atoms with E-state index in [4.69, 9.17) is 9.84 Å². The van der Waals surface area contributed by atoms with Gasteiger partial charge in [-0.2, -0.15) is 0 Å². The van der Waals surface area contributed by atoms with E-state index >= 15 is 0 Å². The van der Waals surface area contributed by atoms with Crippen LogP contribution in [0, 0.1) is 0 Å². The number of aliphatic carboxylic acids is 1. The Hall–Kier alpha value is -1.52. The molecule has 0 spiro atoms. The van der Waals surface area contributed by atoms with Crippen molar-refractivity contribution in [3.8, 4) is 5.88 Å². The zero-order chi connectivity index (χ0) is 9.14. The largest absolute Gasteiger partial charge is 0.481 e. The second kappa shape index (κ2) is 3.25. The molecule has 1 heterocycles. The minimum atomic E-state index is -0.874. The van der Waals surface area contributed by atoms with Crippen LogP contribution in [0.3, 0.4) is 0 Å². The minimum absolute atomic E-state index is 0.0349. The molecule has 0 aliphatic rings. The molecule has 0 unspecified atom stereocenters. The van der Waals surface area contributed by atoms with Gasteiger partial charge in [-0.3, -0.25) is 9.48 Å². The van der Waals surface area contributed by atoms with Crippen molar-refractivity contribution < 1.29 is 14.6 Å². The maximum atomic E-state index is 10.3. The molecule has 5 nitrogen and oxygen atoms in total. The van der Waals surface area contributed by atoms with Crippen LogP contribution in [0.15, 0.2) is 6.07 Å². The Labute approximate surface area is 69.6 Å². The van der Waals surface area contributed by atoms with Gasteiger partial charge >= 0.3 is 5.97 Å². The lowest BCUT2D eigenvalue weighted by atomic mass is 10.3. The monoisotopic (exact) mass is 170 g/mol. The number of carbonyl (C=O) groups is 1. The summed E-state index contributed by atoms with van der Waals surface area (Å²) in [5.41, 5.74) is 0.624. The normalized spacial score (nSPS) is 9.83. The van der Waals surface area contributed by atoms with Crippen molar-refractivity contribution in [1.82, 2.24) is 9.78 Å². The van der Waals surface area contributed by atoms with E-state index in [0.717, 1.165) is 0 Å². The van der Waals surface area contributed by atoms with Crippen molar-refractivity contribution in [2.45, 2.75) is 6.42 Å². The van der Waals surface area contributed by atoms with E-state index in [1.165, 1.54) is 11.8 Å². The van der Waals surface area contributed by atoms with Crippen molar-refractivity contribution in [3.05, 3.63) is 11.8 Å². The van der Waals surface area contributed by atoms with Crippen molar-refractivity contribution in [2.24, 2.45) is 7.05 Å². The molecule has 0 aliphatic heterocycles. The van der Waals surface area contributed by atoms with Gasteiger partial charge in [-0.15, -0.1) is 5.10 Å². The van der Waals surface area contributed by atoms with E-state index in [1.807, 2.05) is 0 Å². The molecule has 0 aliphatic carbocycles. The molecular formula is C7H10N2O3. The SMILES string of the molecule is COc1cc(CC(=O)O)n(C)n1. The van der Waals surface area contributed by atoms with Gasteiger partial charge < -0.3 is 9.84 Å². The lowest BCUT2D eigenvalue weighted by Crippen LogP contribution is -2.05. The number of aryl methyl sites for hydroxylation is 1. The topological polar surface area (TPSA) is 64.3 Å². The Kier molecular flexibility index (Phi) is 2.32. The molecule has 0 saturated carbocycles. The van der Waals surface area contributed by atoms with E-state index < -0.39 is 5.97 Å². The van der Waals surface area contributed by atoms with Gasteiger partial charge in [0.1, 0.15) is 0 Å². The molecule has 0 fully saturated rings. The Morgan fingerprint density at radius 3 is 2.92 bits per heavy atom. The number of carboxylic acid groups (broad SMARTS) is 1. The van der Waals surface area contributed by atoms with Crippen LogP contribution >= 0.6 is 0 Å². The third-order valence-corrected chi connectivity index (χ3v) is 1.50. The lowest BCUT2D eigenvalue weighted by molar-refractivity contribution is -0.136. The predicted molar refractivity (Wildman–Crippen MR) is 41.1 cm³/mol. The second-order valence-electron chi connectivity index (χ2n) is 2.37. The molecule has 0 bridgehead atoms. The maximum absolute atomic E-state index is 10.3. The van der Waals surface area contributed by atoms with Crippen LogP contribution in [0.25, 0.3) is 0 Å². The Morgan fingerprint density at radius 1 is 1.83 bits per heavy atom. The van der Waals surface area contributed by atoms with E-state index in [2.05, 4.69) is 5.10 Å². The van der Waals surface area contributed by atoms with Gasteiger partial charge in [0, 0.05) is 13.1 Å². The molecule has 0 aromatic carbocycles. The number of ether oxygens (including phenoxy) is 1. The predicted octanol–water partition coefficient (Wildman–Crippen LogP) is 0.0558. The molecule has 1 aromatic heterocycles. The third-order valence-electron chi connectivity index (χ3n) is 1.50. The summed E-state index contributed by atoms with van der Waals surface area (Å²) in [6.45, 7) is 0.